The van der Waals surface area contributed by atoms with Crippen LogP contribution in [-0.4, -0.2) is 48.7 Å². The molecule has 1 saturated heterocycles. The van der Waals surface area contributed by atoms with Crippen molar-refractivity contribution in [3.8, 4) is 11.5 Å². The van der Waals surface area contributed by atoms with Crippen LogP contribution >= 0.6 is 0 Å². The number of hydrogen-bond donors (Lipinski definition) is 1. The molecule has 1 fully saturated rings. The number of carbonyl (C=O) groups is 2. The summed E-state index contributed by atoms with van der Waals surface area (Å²) in [6.07, 6.45) is 2.09. The summed E-state index contributed by atoms with van der Waals surface area (Å²) in [5, 5.41) is 9.77. The van der Waals surface area contributed by atoms with Crippen LogP contribution in [0.25, 0.3) is 0 Å². The van der Waals surface area contributed by atoms with E-state index < -0.39 is 5.97 Å². The molecule has 0 radical (unpaired) electrons. The van der Waals surface area contributed by atoms with Crippen LogP contribution in [0, 0.1) is 5.92 Å². The Hall–Kier alpha value is -2.24. The number of rotatable bonds is 4. The van der Waals surface area contributed by atoms with Crippen LogP contribution in [0.4, 0.5) is 0 Å². The number of ether oxygens (including phenoxy) is 2. The number of esters is 1. The number of benzene rings is 1. The standard InChI is InChI=1S/C16H21NO5/c1-11-4-3-7-17(9-11)15(19)10-22-16(20)13-6-5-12(21-2)8-14(13)18/h5-6,8,11,18H,3-4,7,9-10H2,1-2H3/t11-/m0/s1. The van der Waals surface area contributed by atoms with Gasteiger partial charge in [-0.2, -0.15) is 0 Å². The number of likely N-dealkylation sites (tertiary alicyclic amines) is 1. The van der Waals surface area contributed by atoms with Gasteiger partial charge in [0.05, 0.1) is 7.11 Å². The first kappa shape index (κ1) is 16.1. The maximum atomic E-state index is 12.0. The van der Waals surface area contributed by atoms with Crippen LogP contribution in [0.15, 0.2) is 18.2 Å². The number of aromatic hydroxyl groups is 1. The quantitative estimate of drug-likeness (QED) is 0.859. The van der Waals surface area contributed by atoms with E-state index in [1.165, 1.54) is 19.2 Å². The maximum Gasteiger partial charge on any atom is 0.342 e. The third-order valence-corrected chi connectivity index (χ3v) is 3.76. The second-order valence-corrected chi connectivity index (χ2v) is 5.55. The molecule has 1 atom stereocenters. The molecule has 0 spiro atoms. The molecular weight excluding hydrogens is 286 g/mol. The van der Waals surface area contributed by atoms with E-state index in [2.05, 4.69) is 6.92 Å². The fourth-order valence-corrected chi connectivity index (χ4v) is 2.52. The molecule has 6 heteroatoms. The van der Waals surface area contributed by atoms with Crippen LogP contribution < -0.4 is 4.74 Å². The number of hydrogen-bond acceptors (Lipinski definition) is 5. The van der Waals surface area contributed by atoms with Crippen molar-refractivity contribution in [2.75, 3.05) is 26.8 Å². The topological polar surface area (TPSA) is 76.1 Å². The molecule has 6 nitrogen and oxygen atoms in total. The van der Waals surface area contributed by atoms with Gasteiger partial charge in [-0.25, -0.2) is 4.79 Å². The first-order chi connectivity index (χ1) is 10.5. The number of phenols is 1. The zero-order valence-corrected chi connectivity index (χ0v) is 12.9. The lowest BCUT2D eigenvalue weighted by atomic mass is 10.0. The van der Waals surface area contributed by atoms with Crippen molar-refractivity contribution in [2.24, 2.45) is 5.92 Å². The molecule has 2 rings (SSSR count). The highest BCUT2D eigenvalue weighted by atomic mass is 16.5. The van der Waals surface area contributed by atoms with E-state index in [9.17, 15) is 14.7 Å². The average Bonchev–Trinajstić information content (AvgIpc) is 2.52. The zero-order chi connectivity index (χ0) is 16.1. The molecule has 0 unspecified atom stereocenters. The van der Waals surface area contributed by atoms with Gasteiger partial charge in [0.2, 0.25) is 0 Å². The third-order valence-electron chi connectivity index (χ3n) is 3.76. The van der Waals surface area contributed by atoms with E-state index >= 15 is 0 Å². The van der Waals surface area contributed by atoms with Gasteiger partial charge in [-0.3, -0.25) is 4.79 Å². The number of phenolic OH excluding ortho intramolecular Hbond substituents is 1. The SMILES string of the molecule is COc1ccc(C(=O)OCC(=O)N2CCC[C@H](C)C2)c(O)c1. The Morgan fingerprint density at radius 3 is 2.82 bits per heavy atom. The van der Waals surface area contributed by atoms with Crippen LogP contribution in [0.5, 0.6) is 11.5 Å². The largest absolute Gasteiger partial charge is 0.507 e. The zero-order valence-electron chi connectivity index (χ0n) is 12.9. The van der Waals surface area contributed by atoms with E-state index in [-0.39, 0.29) is 23.8 Å². The molecule has 0 aliphatic carbocycles. The van der Waals surface area contributed by atoms with Gasteiger partial charge in [0.25, 0.3) is 5.91 Å². The van der Waals surface area contributed by atoms with Gasteiger partial charge < -0.3 is 19.5 Å². The summed E-state index contributed by atoms with van der Waals surface area (Å²) in [4.78, 5) is 25.7. The normalized spacial score (nSPS) is 17.9. The van der Waals surface area contributed by atoms with Crippen LogP contribution in [0.2, 0.25) is 0 Å². The summed E-state index contributed by atoms with van der Waals surface area (Å²) in [5.41, 5.74) is 0.0145. The molecule has 1 aromatic rings. The molecule has 0 bridgehead atoms. The summed E-state index contributed by atoms with van der Waals surface area (Å²) in [5.74, 6) is -0.249. The van der Waals surface area contributed by atoms with E-state index in [0.717, 1.165) is 12.8 Å². The maximum absolute atomic E-state index is 12.0. The van der Waals surface area contributed by atoms with Gasteiger partial charge in [-0.15, -0.1) is 0 Å². The first-order valence-corrected chi connectivity index (χ1v) is 7.33. The highest BCUT2D eigenvalue weighted by molar-refractivity contribution is 5.94. The smallest absolute Gasteiger partial charge is 0.342 e. The minimum absolute atomic E-state index is 0.0145. The molecule has 1 aliphatic rings. The number of piperidine rings is 1. The Morgan fingerprint density at radius 2 is 2.18 bits per heavy atom. The molecule has 0 saturated carbocycles. The van der Waals surface area contributed by atoms with Crippen molar-refractivity contribution in [3.63, 3.8) is 0 Å². The Kier molecular flexibility index (Phi) is 5.25. The van der Waals surface area contributed by atoms with E-state index in [1.807, 2.05) is 0 Å². The molecule has 120 valence electrons. The molecule has 1 N–H and O–H groups in total. The minimum atomic E-state index is -0.724. The summed E-state index contributed by atoms with van der Waals surface area (Å²) in [7, 11) is 1.46. The van der Waals surface area contributed by atoms with Crippen LogP contribution in [0.1, 0.15) is 30.1 Å². The Bertz CT molecular complexity index is 557. The van der Waals surface area contributed by atoms with Gasteiger partial charge in [-0.05, 0) is 30.9 Å². The Morgan fingerprint density at radius 1 is 1.41 bits per heavy atom. The minimum Gasteiger partial charge on any atom is -0.507 e. The fraction of sp³-hybridized carbons (Fsp3) is 0.500. The number of methoxy groups -OCH3 is 1. The summed E-state index contributed by atoms with van der Waals surface area (Å²) < 4.78 is 9.95. The van der Waals surface area contributed by atoms with Gasteiger partial charge in [0, 0.05) is 19.2 Å². The average molecular weight is 307 g/mol. The monoisotopic (exact) mass is 307 g/mol. The number of amides is 1. The van der Waals surface area contributed by atoms with E-state index in [0.29, 0.717) is 24.8 Å². The van der Waals surface area contributed by atoms with Crippen molar-refractivity contribution >= 4 is 11.9 Å². The second kappa shape index (κ2) is 7.15. The summed E-state index contributed by atoms with van der Waals surface area (Å²) in [6.45, 7) is 3.19. The molecule has 1 heterocycles. The summed E-state index contributed by atoms with van der Waals surface area (Å²) in [6, 6.07) is 4.28. The van der Waals surface area contributed by atoms with Gasteiger partial charge >= 0.3 is 5.97 Å². The number of carbonyl (C=O) groups excluding carboxylic acids is 2. The fourth-order valence-electron chi connectivity index (χ4n) is 2.52. The predicted octanol–water partition coefficient (Wildman–Crippen LogP) is 1.82. The molecule has 1 amide bonds. The van der Waals surface area contributed by atoms with Gasteiger partial charge in [0.15, 0.2) is 6.61 Å². The highest BCUT2D eigenvalue weighted by Crippen LogP contribution is 2.24. The Labute approximate surface area is 129 Å². The lowest BCUT2D eigenvalue weighted by Gasteiger charge is -2.30. The van der Waals surface area contributed by atoms with Gasteiger partial charge in [0.1, 0.15) is 17.1 Å². The molecule has 1 aromatic carbocycles. The second-order valence-electron chi connectivity index (χ2n) is 5.55. The van der Waals surface area contributed by atoms with E-state index in [1.54, 1.807) is 11.0 Å². The molecular formula is C16H21NO5. The molecule has 1 aliphatic heterocycles. The van der Waals surface area contributed by atoms with Crippen molar-refractivity contribution in [1.82, 2.24) is 4.90 Å². The van der Waals surface area contributed by atoms with Crippen molar-refractivity contribution in [2.45, 2.75) is 19.8 Å². The lowest BCUT2D eigenvalue weighted by molar-refractivity contribution is -0.136. The summed E-state index contributed by atoms with van der Waals surface area (Å²) >= 11 is 0. The van der Waals surface area contributed by atoms with E-state index in [4.69, 9.17) is 9.47 Å². The number of nitrogens with zero attached hydrogens (tertiary/aromatic N) is 1. The molecule has 0 aromatic heterocycles. The Balaban J connectivity index is 1.91. The van der Waals surface area contributed by atoms with Crippen molar-refractivity contribution in [1.29, 1.82) is 0 Å². The third kappa shape index (κ3) is 3.90. The van der Waals surface area contributed by atoms with Crippen LogP contribution in [0.3, 0.4) is 0 Å². The van der Waals surface area contributed by atoms with Crippen molar-refractivity contribution in [3.05, 3.63) is 23.8 Å². The van der Waals surface area contributed by atoms with Gasteiger partial charge in [-0.1, -0.05) is 6.92 Å². The highest BCUT2D eigenvalue weighted by Gasteiger charge is 2.22. The van der Waals surface area contributed by atoms with Crippen molar-refractivity contribution < 1.29 is 24.2 Å². The first-order valence-electron chi connectivity index (χ1n) is 7.33. The molecule has 22 heavy (non-hydrogen) atoms. The predicted molar refractivity (Wildman–Crippen MR) is 79.9 cm³/mol. The lowest BCUT2D eigenvalue weighted by Crippen LogP contribution is -2.41. The van der Waals surface area contributed by atoms with Crippen LogP contribution in [-0.2, 0) is 9.53 Å².